The number of alkyl halides is 3. The number of ether oxygens (including phenoxy) is 8. The molecule has 7 rings (SSSR count). The predicted octanol–water partition coefficient (Wildman–Crippen LogP) is 6.25. The van der Waals surface area contributed by atoms with Crippen molar-refractivity contribution >= 4 is 70.7 Å². The number of carbonyl (C=O) groups excluding carboxylic acids is 4. The van der Waals surface area contributed by atoms with Crippen LogP contribution in [0, 0.1) is 25.2 Å². The van der Waals surface area contributed by atoms with Crippen LogP contribution in [0.3, 0.4) is 0 Å². The van der Waals surface area contributed by atoms with E-state index in [2.05, 4.69) is 24.5 Å². The Morgan fingerprint density at radius 3 is 2.45 bits per heavy atom. The van der Waals surface area contributed by atoms with Gasteiger partial charge in [0.05, 0.1) is 42.6 Å². The van der Waals surface area contributed by atoms with Gasteiger partial charge in [-0.15, -0.1) is 11.8 Å². The molecule has 0 spiro atoms. The zero-order valence-corrected chi connectivity index (χ0v) is 36.0. The molecular formula is C40H41Cl3N4O12S. The molecule has 2 saturated heterocycles. The van der Waals surface area contributed by atoms with Gasteiger partial charge in [-0.2, -0.15) is 5.26 Å². The van der Waals surface area contributed by atoms with Crippen molar-refractivity contribution in [3.05, 3.63) is 64.8 Å². The lowest BCUT2D eigenvalue weighted by molar-refractivity contribution is -0.151. The molecule has 60 heavy (non-hydrogen) atoms. The molecule has 2 aromatic carbocycles. The van der Waals surface area contributed by atoms with E-state index in [-0.39, 0.29) is 44.5 Å². The summed E-state index contributed by atoms with van der Waals surface area (Å²) in [4.78, 5) is 57.9. The van der Waals surface area contributed by atoms with Crippen LogP contribution in [-0.4, -0.2) is 108 Å². The summed E-state index contributed by atoms with van der Waals surface area (Å²) >= 11 is 18.6. The quantitative estimate of drug-likeness (QED) is 0.0979. The van der Waals surface area contributed by atoms with Crippen LogP contribution in [0.15, 0.2) is 31.4 Å². The molecule has 2 amide bonds. The molecule has 1 unspecified atom stereocenters. The molecule has 0 radical (unpaired) electrons. The maximum Gasteiger partial charge on any atom is 0.411 e. The van der Waals surface area contributed by atoms with Crippen LogP contribution in [0.2, 0.25) is 0 Å². The normalized spacial score (nSPS) is 24.9. The maximum absolute atomic E-state index is 14.5. The predicted molar refractivity (Wildman–Crippen MR) is 218 cm³/mol. The number of nitriles is 1. The zero-order chi connectivity index (χ0) is 43.2. The number of benzene rings is 2. The van der Waals surface area contributed by atoms with Crippen LogP contribution >= 0.6 is 46.6 Å². The number of amides is 2. The number of cyclic esters (lactones) is 1. The Bertz CT molecular complexity index is 2180. The first kappa shape index (κ1) is 43.4. The van der Waals surface area contributed by atoms with Crippen molar-refractivity contribution in [1.29, 1.82) is 5.26 Å². The Balaban J connectivity index is 1.52. The Labute approximate surface area is 364 Å². The number of rotatable bonds is 9. The minimum Gasteiger partial charge on any atom is -0.493 e. The summed E-state index contributed by atoms with van der Waals surface area (Å²) in [5.41, 5.74) is 3.57. The summed E-state index contributed by atoms with van der Waals surface area (Å²) in [6, 6.07) is -1.52. The number of nitrogens with one attached hydrogen (secondary N) is 1. The number of methoxy groups -OCH3 is 1. The van der Waals surface area contributed by atoms with Crippen molar-refractivity contribution < 1.29 is 57.1 Å². The van der Waals surface area contributed by atoms with Gasteiger partial charge in [-0.05, 0) is 31.4 Å². The summed E-state index contributed by atoms with van der Waals surface area (Å²) in [7, 11) is 1.52. The highest BCUT2D eigenvalue weighted by Gasteiger charge is 2.63. The summed E-state index contributed by atoms with van der Waals surface area (Å²) < 4.78 is 45.5. The van der Waals surface area contributed by atoms with Crippen LogP contribution in [-0.2, 0) is 30.2 Å². The second-order valence-electron chi connectivity index (χ2n) is 14.5. The minimum absolute atomic E-state index is 0.0824. The standard InChI is InChI=1S/C40H41Cl3N4O12S/c1-7-9-53-34-26-21(11-18(3)31(34)52-6)12-23-24(13-44)46-25-14-55-37(49)22(45-38(50)56-16-40(41,42)43)15-60-36(30(46)29(26)47(23)39(51)54-10-8-2)28-27(25)35-33(57-17-58-35)19(4)32(28)59-20(5)48/h7-8,11,22-25,29-30,36H,1-2,9-10,12,14-17H2,3-6H3,(H,45,50)/t22-,23-,24-,25-,29+,30+,36?/m0/s1. The van der Waals surface area contributed by atoms with E-state index in [1.807, 2.05) is 17.9 Å². The van der Waals surface area contributed by atoms with Crippen LogP contribution in [0.4, 0.5) is 9.59 Å². The van der Waals surface area contributed by atoms with E-state index in [1.54, 1.807) is 17.9 Å². The Kier molecular flexibility index (Phi) is 12.5. The van der Waals surface area contributed by atoms with Gasteiger partial charge in [0.25, 0.3) is 0 Å². The van der Waals surface area contributed by atoms with Crippen LogP contribution in [0.1, 0.15) is 57.6 Å². The number of hydrogen-bond acceptors (Lipinski definition) is 15. The molecule has 7 atom stereocenters. The lowest BCUT2D eigenvalue weighted by Crippen LogP contribution is -2.71. The Hall–Kier alpha value is -4.73. The lowest BCUT2D eigenvalue weighted by Gasteiger charge is -2.61. The largest absolute Gasteiger partial charge is 0.493 e. The van der Waals surface area contributed by atoms with Crippen LogP contribution in [0.25, 0.3) is 0 Å². The number of thioether (sulfide) groups is 1. The first-order valence-corrected chi connectivity index (χ1v) is 20.9. The lowest BCUT2D eigenvalue weighted by atomic mass is 9.71. The Morgan fingerprint density at radius 1 is 1.05 bits per heavy atom. The van der Waals surface area contributed by atoms with E-state index in [9.17, 15) is 24.4 Å². The van der Waals surface area contributed by atoms with Crippen LogP contribution in [0.5, 0.6) is 28.7 Å². The molecule has 0 aliphatic carbocycles. The summed E-state index contributed by atoms with van der Waals surface area (Å²) in [5.74, 6) is -0.00739. The number of nitrogens with zero attached hydrogens (tertiary/aromatic N) is 3. The average molecular weight is 908 g/mol. The highest BCUT2D eigenvalue weighted by atomic mass is 35.6. The molecule has 16 nitrogen and oxygen atoms in total. The monoisotopic (exact) mass is 906 g/mol. The van der Waals surface area contributed by atoms with E-state index in [4.69, 9.17) is 72.7 Å². The number of carbonyl (C=O) groups is 4. The van der Waals surface area contributed by atoms with Crippen molar-refractivity contribution in [2.24, 2.45) is 0 Å². The molecule has 5 aliphatic rings. The number of aryl methyl sites for hydroxylation is 1. The highest BCUT2D eigenvalue weighted by molar-refractivity contribution is 7.99. The smallest absolute Gasteiger partial charge is 0.411 e. The van der Waals surface area contributed by atoms with E-state index >= 15 is 0 Å². The van der Waals surface area contributed by atoms with E-state index in [0.717, 1.165) is 11.1 Å². The Morgan fingerprint density at radius 2 is 1.78 bits per heavy atom. The number of halogens is 3. The molecule has 1 N–H and O–H groups in total. The molecule has 0 saturated carbocycles. The van der Waals surface area contributed by atoms with Crippen molar-refractivity contribution in [3.63, 3.8) is 0 Å². The number of hydrogen-bond donors (Lipinski definition) is 1. The van der Waals surface area contributed by atoms with Gasteiger partial charge in [0.15, 0.2) is 23.0 Å². The van der Waals surface area contributed by atoms with Gasteiger partial charge < -0.3 is 43.2 Å². The average Bonchev–Trinajstić information content (AvgIpc) is 3.70. The number of piperazine rings is 1. The fraction of sp³-hybridized carbons (Fsp3) is 0.475. The van der Waals surface area contributed by atoms with Gasteiger partial charge >= 0.3 is 24.1 Å². The molecule has 5 heterocycles. The van der Waals surface area contributed by atoms with E-state index in [1.165, 1.54) is 31.9 Å². The van der Waals surface area contributed by atoms with E-state index < -0.39 is 76.0 Å². The summed E-state index contributed by atoms with van der Waals surface area (Å²) in [6.45, 7) is 11.2. The second kappa shape index (κ2) is 17.3. The topological polar surface area (TPSA) is 184 Å². The minimum atomic E-state index is -1.92. The zero-order valence-electron chi connectivity index (χ0n) is 32.9. The molecular weight excluding hydrogens is 867 g/mol. The fourth-order valence-electron chi connectivity index (χ4n) is 8.86. The molecule has 0 aromatic heterocycles. The fourth-order valence-corrected chi connectivity index (χ4v) is 10.5. The third kappa shape index (κ3) is 7.72. The molecule has 320 valence electrons. The third-order valence-corrected chi connectivity index (χ3v) is 12.6. The van der Waals surface area contributed by atoms with Gasteiger partial charge in [0, 0.05) is 34.9 Å². The first-order chi connectivity index (χ1) is 28.6. The molecule has 4 bridgehead atoms. The number of fused-ring (bicyclic) bond motifs is 9. The molecule has 20 heteroatoms. The second-order valence-corrected chi connectivity index (χ2v) is 18.1. The number of alkyl carbamates (subject to hydrolysis) is 1. The summed E-state index contributed by atoms with van der Waals surface area (Å²) in [6.07, 6.45) is 1.46. The SMILES string of the molecule is C=CCOC(=O)N1[C@@H]2c3c(cc(C)c(OC)c3OCC=C)C[C@H]1[C@H](C#N)N1[C@H]3COC(=O)[C@@H](NC(=O)OCC(Cl)(Cl)Cl)CSC(c4c(OC(C)=O)c(C)c5c(c43)OCO5)[C@@H]21. The highest BCUT2D eigenvalue weighted by Crippen LogP contribution is 2.64. The number of esters is 2. The van der Waals surface area contributed by atoms with E-state index in [0.29, 0.717) is 45.3 Å². The molecule has 2 aromatic rings. The van der Waals surface area contributed by atoms with Gasteiger partial charge in [-0.3, -0.25) is 14.6 Å². The van der Waals surface area contributed by atoms with Crippen molar-refractivity contribution in [2.45, 2.75) is 72.5 Å². The van der Waals surface area contributed by atoms with Crippen LogP contribution < -0.4 is 29.0 Å². The van der Waals surface area contributed by atoms with Crippen molar-refractivity contribution in [1.82, 2.24) is 15.1 Å². The van der Waals surface area contributed by atoms with Crippen molar-refractivity contribution in [3.8, 4) is 34.8 Å². The molecule has 2 fully saturated rings. The van der Waals surface area contributed by atoms with Gasteiger partial charge in [0.2, 0.25) is 10.6 Å². The van der Waals surface area contributed by atoms with Gasteiger partial charge in [-0.1, -0.05) is 66.2 Å². The molecule has 5 aliphatic heterocycles. The summed E-state index contributed by atoms with van der Waals surface area (Å²) in [5, 5.41) is 12.9. The first-order valence-electron chi connectivity index (χ1n) is 18.7. The van der Waals surface area contributed by atoms with Crippen molar-refractivity contribution in [2.75, 3.05) is 46.1 Å². The van der Waals surface area contributed by atoms with Gasteiger partial charge in [-0.25, -0.2) is 14.4 Å². The van der Waals surface area contributed by atoms with Gasteiger partial charge in [0.1, 0.15) is 44.3 Å². The maximum atomic E-state index is 14.5. The third-order valence-electron chi connectivity index (χ3n) is 10.9.